The Labute approximate surface area is 133 Å². The van der Waals surface area contributed by atoms with Crippen molar-refractivity contribution in [2.24, 2.45) is 16.8 Å². The molecule has 0 radical (unpaired) electrons. The van der Waals surface area contributed by atoms with Gasteiger partial charge in [-0.3, -0.25) is 4.79 Å². The number of ether oxygens (including phenoxy) is 1. The lowest BCUT2D eigenvalue weighted by atomic mass is 9.82. The molecular formula is C16H30N4O2. The summed E-state index contributed by atoms with van der Waals surface area (Å²) >= 11 is 0. The van der Waals surface area contributed by atoms with Gasteiger partial charge in [-0.2, -0.15) is 0 Å². The van der Waals surface area contributed by atoms with Crippen LogP contribution in [0, 0.1) is 11.8 Å². The van der Waals surface area contributed by atoms with E-state index in [0.717, 1.165) is 37.4 Å². The summed E-state index contributed by atoms with van der Waals surface area (Å²) in [5.41, 5.74) is 0. The highest BCUT2D eigenvalue weighted by Crippen LogP contribution is 2.35. The molecule has 6 nitrogen and oxygen atoms in total. The Kier molecular flexibility index (Phi) is 6.96. The molecule has 1 heterocycles. The van der Waals surface area contributed by atoms with E-state index in [0.29, 0.717) is 13.2 Å². The molecular weight excluding hydrogens is 280 g/mol. The van der Waals surface area contributed by atoms with E-state index in [1.807, 2.05) is 0 Å². The third-order valence-corrected chi connectivity index (χ3v) is 4.61. The number of rotatable bonds is 6. The largest absolute Gasteiger partial charge is 0.383 e. The minimum atomic E-state index is -0.0518. The summed E-state index contributed by atoms with van der Waals surface area (Å²) in [6.07, 6.45) is 5.42. The SMILES string of the molecule is CCNC(=NCC(=O)NCCOC)N1CC2CCCCC2C1. The number of fused-ring (bicyclic) bond motifs is 1. The van der Waals surface area contributed by atoms with Crippen LogP contribution in [-0.4, -0.2) is 63.2 Å². The van der Waals surface area contributed by atoms with Crippen molar-refractivity contribution in [2.45, 2.75) is 32.6 Å². The summed E-state index contributed by atoms with van der Waals surface area (Å²) in [4.78, 5) is 18.6. The number of aliphatic imine (C=N–C) groups is 1. The molecule has 2 unspecified atom stereocenters. The highest BCUT2D eigenvalue weighted by molar-refractivity contribution is 5.85. The van der Waals surface area contributed by atoms with Gasteiger partial charge >= 0.3 is 0 Å². The Hall–Kier alpha value is -1.30. The molecule has 6 heteroatoms. The van der Waals surface area contributed by atoms with Gasteiger partial charge in [-0.05, 0) is 31.6 Å². The maximum atomic E-state index is 11.8. The highest BCUT2D eigenvalue weighted by atomic mass is 16.5. The summed E-state index contributed by atoms with van der Waals surface area (Å²) in [6, 6.07) is 0. The number of nitrogens with one attached hydrogen (secondary N) is 2. The first-order chi connectivity index (χ1) is 10.7. The van der Waals surface area contributed by atoms with Gasteiger partial charge in [0.15, 0.2) is 5.96 Å². The fourth-order valence-corrected chi connectivity index (χ4v) is 3.50. The normalized spacial score (nSPS) is 25.0. The van der Waals surface area contributed by atoms with Crippen molar-refractivity contribution in [3.05, 3.63) is 0 Å². The third kappa shape index (κ3) is 4.87. The highest BCUT2D eigenvalue weighted by Gasteiger charge is 2.35. The van der Waals surface area contributed by atoms with Crippen LogP contribution in [0.25, 0.3) is 0 Å². The number of hydrogen-bond donors (Lipinski definition) is 2. The van der Waals surface area contributed by atoms with Gasteiger partial charge in [0.1, 0.15) is 6.54 Å². The molecule has 2 fully saturated rings. The standard InChI is InChI=1S/C16H30N4O2/c1-3-17-16(19-10-15(21)18-8-9-22-2)20-11-13-6-4-5-7-14(13)12-20/h13-14H,3-12H2,1-2H3,(H,17,19)(H,18,21). The number of methoxy groups -OCH3 is 1. The van der Waals surface area contributed by atoms with Crippen LogP contribution in [0.5, 0.6) is 0 Å². The summed E-state index contributed by atoms with van der Waals surface area (Å²) < 4.78 is 4.92. The molecule has 0 aromatic carbocycles. The maximum absolute atomic E-state index is 11.8. The molecule has 1 saturated heterocycles. The summed E-state index contributed by atoms with van der Waals surface area (Å²) in [5, 5.41) is 6.13. The lowest BCUT2D eigenvalue weighted by Crippen LogP contribution is -2.41. The second kappa shape index (κ2) is 8.98. The predicted molar refractivity (Wildman–Crippen MR) is 87.9 cm³/mol. The van der Waals surface area contributed by atoms with Gasteiger partial charge in [0.25, 0.3) is 0 Å². The molecule has 1 amide bonds. The number of guanidine groups is 1. The molecule has 2 rings (SSSR count). The number of amides is 1. The smallest absolute Gasteiger partial charge is 0.241 e. The van der Waals surface area contributed by atoms with Crippen molar-refractivity contribution >= 4 is 11.9 Å². The average Bonchev–Trinajstić information content (AvgIpc) is 2.95. The molecule has 1 aliphatic carbocycles. The van der Waals surface area contributed by atoms with E-state index in [4.69, 9.17) is 4.74 Å². The Bertz CT molecular complexity index is 372. The number of likely N-dealkylation sites (tertiary alicyclic amines) is 1. The molecule has 1 saturated carbocycles. The number of hydrogen-bond acceptors (Lipinski definition) is 3. The fourth-order valence-electron chi connectivity index (χ4n) is 3.50. The zero-order valence-electron chi connectivity index (χ0n) is 13.9. The van der Waals surface area contributed by atoms with Crippen LogP contribution in [0.1, 0.15) is 32.6 Å². The minimum Gasteiger partial charge on any atom is -0.383 e. The van der Waals surface area contributed by atoms with Crippen molar-refractivity contribution in [2.75, 3.05) is 46.4 Å². The van der Waals surface area contributed by atoms with Gasteiger partial charge in [0.05, 0.1) is 6.61 Å². The second-order valence-electron chi connectivity index (χ2n) is 6.22. The molecule has 1 aliphatic heterocycles. The summed E-state index contributed by atoms with van der Waals surface area (Å²) in [7, 11) is 1.63. The van der Waals surface area contributed by atoms with Crippen LogP contribution >= 0.6 is 0 Å². The molecule has 0 aromatic heterocycles. The van der Waals surface area contributed by atoms with Crippen molar-refractivity contribution in [1.82, 2.24) is 15.5 Å². The van der Waals surface area contributed by atoms with Crippen LogP contribution in [0.15, 0.2) is 4.99 Å². The van der Waals surface area contributed by atoms with E-state index in [9.17, 15) is 4.79 Å². The first-order valence-electron chi connectivity index (χ1n) is 8.53. The second-order valence-corrected chi connectivity index (χ2v) is 6.22. The Balaban J connectivity index is 1.86. The quantitative estimate of drug-likeness (QED) is 0.433. The molecule has 0 spiro atoms. The molecule has 2 N–H and O–H groups in total. The van der Waals surface area contributed by atoms with Gasteiger partial charge in [-0.25, -0.2) is 4.99 Å². The maximum Gasteiger partial charge on any atom is 0.241 e. The summed E-state index contributed by atoms with van der Waals surface area (Å²) in [6.45, 7) is 6.31. The predicted octanol–water partition coefficient (Wildman–Crippen LogP) is 0.837. The first-order valence-corrected chi connectivity index (χ1v) is 8.53. The van der Waals surface area contributed by atoms with Gasteiger partial charge in [0.2, 0.25) is 5.91 Å². The van der Waals surface area contributed by atoms with E-state index in [-0.39, 0.29) is 12.5 Å². The van der Waals surface area contributed by atoms with Crippen molar-refractivity contribution < 1.29 is 9.53 Å². The number of nitrogens with zero attached hydrogens (tertiary/aromatic N) is 2. The Morgan fingerprint density at radius 1 is 1.23 bits per heavy atom. The van der Waals surface area contributed by atoms with E-state index in [1.54, 1.807) is 7.11 Å². The van der Waals surface area contributed by atoms with Crippen LogP contribution in [-0.2, 0) is 9.53 Å². The topological polar surface area (TPSA) is 66.0 Å². The molecule has 22 heavy (non-hydrogen) atoms. The lowest BCUT2D eigenvalue weighted by Gasteiger charge is -2.22. The van der Waals surface area contributed by atoms with Gasteiger partial charge in [0, 0.05) is 33.3 Å². The molecule has 0 aromatic rings. The summed E-state index contributed by atoms with van der Waals surface area (Å²) in [5.74, 6) is 2.46. The van der Waals surface area contributed by atoms with Crippen molar-refractivity contribution in [3.8, 4) is 0 Å². The molecule has 0 bridgehead atoms. The molecule has 2 atom stereocenters. The van der Waals surface area contributed by atoms with E-state index in [1.165, 1.54) is 25.7 Å². The van der Waals surface area contributed by atoms with Crippen LogP contribution in [0.3, 0.4) is 0 Å². The van der Waals surface area contributed by atoms with Gasteiger partial charge < -0.3 is 20.3 Å². The van der Waals surface area contributed by atoms with Gasteiger partial charge in [-0.15, -0.1) is 0 Å². The third-order valence-electron chi connectivity index (χ3n) is 4.61. The zero-order chi connectivity index (χ0) is 15.8. The van der Waals surface area contributed by atoms with E-state index < -0.39 is 0 Å². The zero-order valence-corrected chi connectivity index (χ0v) is 13.9. The number of carbonyl (C=O) groups is 1. The molecule has 126 valence electrons. The van der Waals surface area contributed by atoms with Crippen molar-refractivity contribution in [3.63, 3.8) is 0 Å². The minimum absolute atomic E-state index is 0.0518. The fraction of sp³-hybridized carbons (Fsp3) is 0.875. The van der Waals surface area contributed by atoms with E-state index >= 15 is 0 Å². The molecule has 2 aliphatic rings. The van der Waals surface area contributed by atoms with E-state index in [2.05, 4.69) is 27.4 Å². The van der Waals surface area contributed by atoms with Crippen LogP contribution in [0.4, 0.5) is 0 Å². The Morgan fingerprint density at radius 2 is 1.91 bits per heavy atom. The first kappa shape index (κ1) is 17.1. The average molecular weight is 310 g/mol. The van der Waals surface area contributed by atoms with Crippen LogP contribution in [0.2, 0.25) is 0 Å². The van der Waals surface area contributed by atoms with Gasteiger partial charge in [-0.1, -0.05) is 12.8 Å². The lowest BCUT2D eigenvalue weighted by molar-refractivity contribution is -0.119. The van der Waals surface area contributed by atoms with Crippen LogP contribution < -0.4 is 10.6 Å². The Morgan fingerprint density at radius 3 is 2.50 bits per heavy atom. The van der Waals surface area contributed by atoms with Crippen molar-refractivity contribution in [1.29, 1.82) is 0 Å². The number of carbonyl (C=O) groups excluding carboxylic acids is 1. The monoisotopic (exact) mass is 310 g/mol.